The molecule has 10 heteroatoms. The predicted octanol–water partition coefficient (Wildman–Crippen LogP) is 1.79. The molecular weight excluding hydrogens is 472 g/mol. The second-order valence-electron chi connectivity index (χ2n) is 9.75. The van der Waals surface area contributed by atoms with Gasteiger partial charge in [-0.25, -0.2) is 8.78 Å². The van der Waals surface area contributed by atoms with E-state index >= 15 is 0 Å². The van der Waals surface area contributed by atoms with Gasteiger partial charge < -0.3 is 30.1 Å². The van der Waals surface area contributed by atoms with E-state index in [4.69, 9.17) is 9.47 Å². The van der Waals surface area contributed by atoms with E-state index < -0.39 is 29.7 Å². The van der Waals surface area contributed by atoms with Crippen LogP contribution in [0.2, 0.25) is 0 Å². The average molecular weight is 512 g/mol. The number of ether oxygens (including phenoxy) is 2. The number of aliphatic hydroxyl groups excluding tert-OH is 1. The van der Waals surface area contributed by atoms with Crippen molar-refractivity contribution in [3.63, 3.8) is 0 Å². The van der Waals surface area contributed by atoms with Crippen LogP contribution in [-0.4, -0.2) is 86.1 Å². The van der Waals surface area contributed by atoms with Gasteiger partial charge in [-0.3, -0.25) is 9.59 Å². The highest BCUT2D eigenvalue weighted by atomic mass is 19.1. The summed E-state index contributed by atoms with van der Waals surface area (Å²) in [7, 11) is 1.60. The van der Waals surface area contributed by atoms with Crippen LogP contribution >= 0.6 is 0 Å². The number of likely N-dealkylation sites (tertiary alicyclic amines) is 1. The highest BCUT2D eigenvalue weighted by molar-refractivity contribution is 5.89. The quantitative estimate of drug-likeness (QED) is 0.349. The van der Waals surface area contributed by atoms with E-state index in [1.165, 1.54) is 12.1 Å². The van der Waals surface area contributed by atoms with Crippen LogP contribution in [0.25, 0.3) is 0 Å². The van der Waals surface area contributed by atoms with E-state index in [-0.39, 0.29) is 36.8 Å². The molecule has 2 aliphatic rings. The largest absolute Gasteiger partial charge is 0.389 e. The van der Waals surface area contributed by atoms with E-state index in [0.717, 1.165) is 25.3 Å². The van der Waals surface area contributed by atoms with Gasteiger partial charge in [-0.15, -0.1) is 0 Å². The van der Waals surface area contributed by atoms with Crippen molar-refractivity contribution < 1.29 is 33.0 Å². The topological polar surface area (TPSA) is 100 Å². The Balaban J connectivity index is 1.71. The molecule has 0 aromatic heterocycles. The van der Waals surface area contributed by atoms with Gasteiger partial charge in [0, 0.05) is 38.7 Å². The van der Waals surface area contributed by atoms with Crippen molar-refractivity contribution in [2.45, 2.75) is 69.7 Å². The van der Waals surface area contributed by atoms with Crippen LogP contribution in [-0.2, 0) is 25.5 Å². The van der Waals surface area contributed by atoms with Gasteiger partial charge in [-0.2, -0.15) is 0 Å². The number of amides is 2. The van der Waals surface area contributed by atoms with Crippen molar-refractivity contribution in [1.82, 2.24) is 15.5 Å². The van der Waals surface area contributed by atoms with Crippen LogP contribution in [0.5, 0.6) is 0 Å². The third kappa shape index (κ3) is 8.19. The van der Waals surface area contributed by atoms with Crippen LogP contribution in [0.3, 0.4) is 0 Å². The Morgan fingerprint density at radius 3 is 2.72 bits per heavy atom. The summed E-state index contributed by atoms with van der Waals surface area (Å²) < 4.78 is 38.6. The fourth-order valence-corrected chi connectivity index (χ4v) is 4.96. The highest BCUT2D eigenvalue weighted by Gasteiger charge is 2.38. The van der Waals surface area contributed by atoms with Gasteiger partial charge in [0.2, 0.25) is 11.8 Å². The van der Waals surface area contributed by atoms with Gasteiger partial charge in [0.05, 0.1) is 37.4 Å². The molecule has 2 heterocycles. The van der Waals surface area contributed by atoms with Gasteiger partial charge >= 0.3 is 0 Å². The molecule has 8 nitrogen and oxygen atoms in total. The highest BCUT2D eigenvalue weighted by Crippen LogP contribution is 2.22. The lowest BCUT2D eigenvalue weighted by Gasteiger charge is -2.37. The summed E-state index contributed by atoms with van der Waals surface area (Å²) >= 11 is 0. The number of carbonyl (C=O) groups excluding carboxylic acids is 2. The summed E-state index contributed by atoms with van der Waals surface area (Å²) in [4.78, 5) is 27.2. The number of nitrogens with one attached hydrogen (secondary N) is 2. The van der Waals surface area contributed by atoms with Crippen molar-refractivity contribution in [3.8, 4) is 0 Å². The van der Waals surface area contributed by atoms with Crippen LogP contribution in [0, 0.1) is 17.6 Å². The van der Waals surface area contributed by atoms with Crippen LogP contribution in [0.1, 0.15) is 44.6 Å². The van der Waals surface area contributed by atoms with Gasteiger partial charge in [0.25, 0.3) is 0 Å². The summed E-state index contributed by atoms with van der Waals surface area (Å²) in [5.74, 6) is -2.37. The number of methoxy groups -OCH3 is 1. The maximum absolute atomic E-state index is 13.9. The zero-order valence-corrected chi connectivity index (χ0v) is 21.2. The van der Waals surface area contributed by atoms with Crippen molar-refractivity contribution in [3.05, 3.63) is 35.4 Å². The maximum Gasteiger partial charge on any atom is 0.225 e. The summed E-state index contributed by atoms with van der Waals surface area (Å²) in [6.45, 7) is 4.52. The lowest BCUT2D eigenvalue weighted by molar-refractivity contribution is -0.129. The molecule has 2 amide bonds. The summed E-state index contributed by atoms with van der Waals surface area (Å²) in [5.41, 5.74) is 0.327. The SMILES string of the molecule is CCCCN1C[C@@H](C(=O)N[C@@H](Cc2cc(F)cc(F)c2)[C@H](O)[C@H]2C[C@@H](OCCOC)CCN2)CC1=O. The molecule has 2 aliphatic heterocycles. The molecule has 2 saturated heterocycles. The number of aliphatic hydroxyl groups is 1. The number of benzene rings is 1. The summed E-state index contributed by atoms with van der Waals surface area (Å²) in [5, 5.41) is 17.5. The van der Waals surface area contributed by atoms with Crippen LogP contribution in [0.4, 0.5) is 8.78 Å². The van der Waals surface area contributed by atoms with Gasteiger partial charge in [0.15, 0.2) is 0 Å². The molecule has 36 heavy (non-hydrogen) atoms. The smallest absolute Gasteiger partial charge is 0.225 e. The first-order chi connectivity index (χ1) is 17.3. The fourth-order valence-electron chi connectivity index (χ4n) is 4.96. The average Bonchev–Trinajstić information content (AvgIpc) is 3.22. The third-order valence-corrected chi connectivity index (χ3v) is 6.93. The van der Waals surface area contributed by atoms with E-state index in [1.807, 2.05) is 6.92 Å². The molecule has 0 bridgehead atoms. The molecule has 5 atom stereocenters. The molecule has 202 valence electrons. The molecular formula is C26H39F2N3O5. The Morgan fingerprint density at radius 2 is 2.03 bits per heavy atom. The first-order valence-electron chi connectivity index (χ1n) is 12.9. The Bertz CT molecular complexity index is 854. The Kier molecular flexibility index (Phi) is 11.0. The van der Waals surface area contributed by atoms with E-state index in [9.17, 15) is 23.5 Å². The first kappa shape index (κ1) is 28.4. The predicted molar refractivity (Wildman–Crippen MR) is 130 cm³/mol. The number of piperidine rings is 1. The second kappa shape index (κ2) is 14.0. The normalized spacial score (nSPS) is 24.1. The summed E-state index contributed by atoms with van der Waals surface area (Å²) in [6, 6.07) is 1.99. The van der Waals surface area contributed by atoms with E-state index in [1.54, 1.807) is 12.0 Å². The van der Waals surface area contributed by atoms with Crippen molar-refractivity contribution in [2.24, 2.45) is 5.92 Å². The van der Waals surface area contributed by atoms with Gasteiger partial charge in [-0.05, 0) is 49.9 Å². The Morgan fingerprint density at radius 1 is 1.28 bits per heavy atom. The molecule has 3 rings (SSSR count). The number of carbonyl (C=O) groups is 2. The number of nitrogens with zero attached hydrogens (tertiary/aromatic N) is 1. The van der Waals surface area contributed by atoms with Crippen LogP contribution in [0.15, 0.2) is 18.2 Å². The van der Waals surface area contributed by atoms with Gasteiger partial charge in [0.1, 0.15) is 11.6 Å². The monoisotopic (exact) mass is 511 g/mol. The lowest BCUT2D eigenvalue weighted by atomic mass is 9.89. The first-order valence-corrected chi connectivity index (χ1v) is 12.9. The number of unbranched alkanes of at least 4 members (excludes halogenated alkanes) is 1. The molecule has 0 radical (unpaired) electrons. The van der Waals surface area contributed by atoms with E-state index in [2.05, 4.69) is 10.6 Å². The zero-order chi connectivity index (χ0) is 26.1. The second-order valence-corrected chi connectivity index (χ2v) is 9.75. The molecule has 2 fully saturated rings. The van der Waals surface area contributed by atoms with E-state index in [0.29, 0.717) is 44.8 Å². The molecule has 0 saturated carbocycles. The van der Waals surface area contributed by atoms with Gasteiger partial charge in [-0.1, -0.05) is 13.3 Å². The Hall–Kier alpha value is -2.14. The maximum atomic E-state index is 13.9. The summed E-state index contributed by atoms with van der Waals surface area (Å²) in [6.07, 6.45) is 2.14. The van der Waals surface area contributed by atoms with Crippen molar-refractivity contribution in [2.75, 3.05) is 40.0 Å². The zero-order valence-electron chi connectivity index (χ0n) is 21.2. The third-order valence-electron chi connectivity index (χ3n) is 6.93. The minimum absolute atomic E-state index is 0.0369. The fraction of sp³-hybridized carbons (Fsp3) is 0.692. The van der Waals surface area contributed by atoms with Crippen molar-refractivity contribution in [1.29, 1.82) is 0 Å². The standard InChI is InChI=1S/C26H39F2N3O5/c1-3-4-7-31-16-18(13-24(31)32)26(34)30-23(12-17-10-19(27)14-20(28)11-17)25(33)22-15-21(5-6-29-22)36-9-8-35-2/h10-11,14,18,21-23,25,29,33H,3-9,12-13,15-16H2,1-2H3,(H,30,34)/t18-,21-,22+,23-,25+/m0/s1. The molecule has 3 N–H and O–H groups in total. The molecule has 0 spiro atoms. The molecule has 0 unspecified atom stereocenters. The minimum atomic E-state index is -1.04. The molecule has 0 aliphatic carbocycles. The number of hydrogen-bond acceptors (Lipinski definition) is 6. The lowest BCUT2D eigenvalue weighted by Crippen LogP contribution is -2.57. The van der Waals surface area contributed by atoms with Crippen molar-refractivity contribution >= 4 is 11.8 Å². The van der Waals surface area contributed by atoms with Crippen LogP contribution < -0.4 is 10.6 Å². The minimum Gasteiger partial charge on any atom is -0.389 e. The number of halogens is 2. The Labute approximate surface area is 211 Å². The number of rotatable bonds is 13. The number of hydrogen-bond donors (Lipinski definition) is 3. The molecule has 1 aromatic rings. The molecule has 1 aromatic carbocycles.